The van der Waals surface area contributed by atoms with Gasteiger partial charge in [0.1, 0.15) is 0 Å². The first kappa shape index (κ1) is 17.4. The number of aromatic nitrogens is 2. The van der Waals surface area contributed by atoms with Gasteiger partial charge in [0.2, 0.25) is 5.95 Å². The van der Waals surface area contributed by atoms with Crippen molar-refractivity contribution in [1.29, 1.82) is 0 Å². The molecule has 25 heavy (non-hydrogen) atoms. The highest BCUT2D eigenvalue weighted by atomic mass is 16.1. The lowest BCUT2D eigenvalue weighted by atomic mass is 10.1. The Morgan fingerprint density at radius 2 is 1.80 bits per heavy atom. The highest BCUT2D eigenvalue weighted by molar-refractivity contribution is 5.95. The van der Waals surface area contributed by atoms with Crippen LogP contribution in [0.25, 0.3) is 0 Å². The lowest BCUT2D eigenvalue weighted by Crippen LogP contribution is -2.47. The third-order valence-electron chi connectivity index (χ3n) is 4.53. The molecule has 1 amide bonds. The minimum absolute atomic E-state index is 0.0177. The SMILES string of the molecule is Cc1ccccc1C(=O)NCCCN1CCN(c2ncccn2)CC1. The molecule has 6 nitrogen and oxygen atoms in total. The predicted molar refractivity (Wildman–Crippen MR) is 98.8 cm³/mol. The standard InChI is InChI=1S/C19H25N5O/c1-16-6-2-3-7-17(16)18(25)20-10-5-11-23-12-14-24(15-13-23)19-21-8-4-9-22-19/h2-4,6-9H,5,10-15H2,1H3,(H,20,25). The van der Waals surface area contributed by atoms with Crippen LogP contribution >= 0.6 is 0 Å². The fourth-order valence-electron chi connectivity index (χ4n) is 3.05. The van der Waals surface area contributed by atoms with E-state index in [9.17, 15) is 4.79 Å². The van der Waals surface area contributed by atoms with E-state index in [1.165, 1.54) is 0 Å². The normalized spacial score (nSPS) is 15.2. The molecule has 1 saturated heterocycles. The van der Waals surface area contributed by atoms with Gasteiger partial charge in [-0.15, -0.1) is 0 Å². The number of carbonyl (C=O) groups is 1. The van der Waals surface area contributed by atoms with Crippen LogP contribution in [0.1, 0.15) is 22.3 Å². The number of anilines is 1. The molecule has 1 aromatic carbocycles. The molecule has 0 radical (unpaired) electrons. The van der Waals surface area contributed by atoms with Crippen LogP contribution in [0.15, 0.2) is 42.7 Å². The van der Waals surface area contributed by atoms with Crippen molar-refractivity contribution in [2.45, 2.75) is 13.3 Å². The summed E-state index contributed by atoms with van der Waals surface area (Å²) in [6.45, 7) is 7.56. The van der Waals surface area contributed by atoms with Gasteiger partial charge in [0.15, 0.2) is 0 Å². The molecule has 0 unspecified atom stereocenters. The van der Waals surface area contributed by atoms with Crippen molar-refractivity contribution >= 4 is 11.9 Å². The Labute approximate surface area is 148 Å². The number of rotatable bonds is 6. The van der Waals surface area contributed by atoms with E-state index in [-0.39, 0.29) is 5.91 Å². The zero-order valence-electron chi connectivity index (χ0n) is 14.7. The molecule has 3 rings (SSSR count). The number of hydrogen-bond acceptors (Lipinski definition) is 5. The maximum Gasteiger partial charge on any atom is 0.251 e. The maximum atomic E-state index is 12.2. The second-order valence-electron chi connectivity index (χ2n) is 6.30. The molecule has 1 fully saturated rings. The summed E-state index contributed by atoms with van der Waals surface area (Å²) in [5, 5.41) is 3.02. The van der Waals surface area contributed by atoms with E-state index >= 15 is 0 Å². The number of amides is 1. The van der Waals surface area contributed by atoms with Gasteiger partial charge in [0.05, 0.1) is 0 Å². The highest BCUT2D eigenvalue weighted by Gasteiger charge is 2.18. The summed E-state index contributed by atoms with van der Waals surface area (Å²) in [4.78, 5) is 25.4. The molecule has 0 atom stereocenters. The molecule has 2 heterocycles. The molecular formula is C19H25N5O. The zero-order chi connectivity index (χ0) is 17.5. The molecule has 1 N–H and O–H groups in total. The second kappa shape index (κ2) is 8.58. The van der Waals surface area contributed by atoms with Crippen LogP contribution in [0.4, 0.5) is 5.95 Å². The Bertz CT molecular complexity index is 683. The number of nitrogens with zero attached hydrogens (tertiary/aromatic N) is 4. The van der Waals surface area contributed by atoms with E-state index in [1.54, 1.807) is 12.4 Å². The number of hydrogen-bond donors (Lipinski definition) is 1. The first-order chi connectivity index (χ1) is 12.2. The fraction of sp³-hybridized carbons (Fsp3) is 0.421. The zero-order valence-corrected chi connectivity index (χ0v) is 14.7. The van der Waals surface area contributed by atoms with Crippen LogP contribution < -0.4 is 10.2 Å². The van der Waals surface area contributed by atoms with Crippen LogP contribution in [0.2, 0.25) is 0 Å². The van der Waals surface area contributed by atoms with Gasteiger partial charge in [0.25, 0.3) is 5.91 Å². The first-order valence-corrected chi connectivity index (χ1v) is 8.82. The number of piperazine rings is 1. The Morgan fingerprint density at radius 3 is 2.52 bits per heavy atom. The fourth-order valence-corrected chi connectivity index (χ4v) is 3.05. The van der Waals surface area contributed by atoms with Crippen LogP contribution in [0.5, 0.6) is 0 Å². The van der Waals surface area contributed by atoms with Crippen molar-refractivity contribution in [3.8, 4) is 0 Å². The smallest absolute Gasteiger partial charge is 0.251 e. The van der Waals surface area contributed by atoms with Gasteiger partial charge in [-0.25, -0.2) is 9.97 Å². The molecular weight excluding hydrogens is 314 g/mol. The summed E-state index contributed by atoms with van der Waals surface area (Å²) in [6.07, 6.45) is 4.52. The van der Waals surface area contributed by atoms with Crippen molar-refractivity contribution in [1.82, 2.24) is 20.2 Å². The molecule has 1 aliphatic rings. The number of nitrogens with one attached hydrogen (secondary N) is 1. The summed E-state index contributed by atoms with van der Waals surface area (Å²) in [7, 11) is 0. The van der Waals surface area contributed by atoms with Crippen molar-refractivity contribution < 1.29 is 4.79 Å². The monoisotopic (exact) mass is 339 g/mol. The number of carbonyl (C=O) groups excluding carboxylic acids is 1. The average molecular weight is 339 g/mol. The minimum Gasteiger partial charge on any atom is -0.352 e. The first-order valence-electron chi connectivity index (χ1n) is 8.82. The van der Waals surface area contributed by atoms with Crippen LogP contribution in [-0.4, -0.2) is 60.0 Å². The topological polar surface area (TPSA) is 61.4 Å². The van der Waals surface area contributed by atoms with Gasteiger partial charge >= 0.3 is 0 Å². The summed E-state index contributed by atoms with van der Waals surface area (Å²) in [5.74, 6) is 0.830. The van der Waals surface area contributed by atoms with Crippen LogP contribution in [0.3, 0.4) is 0 Å². The average Bonchev–Trinajstić information content (AvgIpc) is 2.66. The van der Waals surface area contributed by atoms with Gasteiger partial charge in [0, 0.05) is 50.7 Å². The molecule has 0 saturated carbocycles. The van der Waals surface area contributed by atoms with Gasteiger partial charge in [-0.2, -0.15) is 0 Å². The highest BCUT2D eigenvalue weighted by Crippen LogP contribution is 2.10. The van der Waals surface area contributed by atoms with E-state index < -0.39 is 0 Å². The molecule has 132 valence electrons. The van der Waals surface area contributed by atoms with Crippen LogP contribution in [0, 0.1) is 6.92 Å². The lowest BCUT2D eigenvalue weighted by Gasteiger charge is -2.34. The van der Waals surface area contributed by atoms with Crippen molar-refractivity contribution in [3.63, 3.8) is 0 Å². The predicted octanol–water partition coefficient (Wildman–Crippen LogP) is 1.73. The Morgan fingerprint density at radius 1 is 1.08 bits per heavy atom. The minimum atomic E-state index is 0.0177. The third-order valence-corrected chi connectivity index (χ3v) is 4.53. The quantitative estimate of drug-likeness (QED) is 0.812. The number of benzene rings is 1. The summed E-state index contributed by atoms with van der Waals surface area (Å²) in [5.41, 5.74) is 1.78. The lowest BCUT2D eigenvalue weighted by molar-refractivity contribution is 0.0951. The van der Waals surface area contributed by atoms with Gasteiger partial charge in [-0.05, 0) is 37.6 Å². The molecule has 2 aromatic rings. The third kappa shape index (κ3) is 4.76. The Hall–Kier alpha value is -2.47. The van der Waals surface area contributed by atoms with Crippen molar-refractivity contribution in [2.75, 3.05) is 44.2 Å². The second-order valence-corrected chi connectivity index (χ2v) is 6.30. The molecule has 0 spiro atoms. The Kier molecular flexibility index (Phi) is 5.95. The molecule has 1 aromatic heterocycles. The van der Waals surface area contributed by atoms with Crippen molar-refractivity contribution in [3.05, 3.63) is 53.9 Å². The summed E-state index contributed by atoms with van der Waals surface area (Å²) >= 11 is 0. The molecule has 1 aliphatic heterocycles. The maximum absolute atomic E-state index is 12.2. The van der Waals surface area contributed by atoms with E-state index in [2.05, 4.69) is 25.1 Å². The summed E-state index contributed by atoms with van der Waals surface area (Å²) in [6, 6.07) is 9.52. The van der Waals surface area contributed by atoms with E-state index in [4.69, 9.17) is 0 Å². The Balaban J connectivity index is 1.35. The van der Waals surface area contributed by atoms with Crippen molar-refractivity contribution in [2.24, 2.45) is 0 Å². The van der Waals surface area contributed by atoms with E-state index in [0.29, 0.717) is 6.54 Å². The van der Waals surface area contributed by atoms with Gasteiger partial charge < -0.3 is 10.2 Å². The van der Waals surface area contributed by atoms with E-state index in [1.807, 2.05) is 37.3 Å². The van der Waals surface area contributed by atoms with Gasteiger partial charge in [-0.3, -0.25) is 9.69 Å². The molecule has 0 bridgehead atoms. The molecule has 0 aliphatic carbocycles. The largest absolute Gasteiger partial charge is 0.352 e. The number of aryl methyl sites for hydroxylation is 1. The van der Waals surface area contributed by atoms with Crippen LogP contribution in [-0.2, 0) is 0 Å². The van der Waals surface area contributed by atoms with E-state index in [0.717, 1.165) is 56.2 Å². The molecule has 6 heteroatoms. The summed E-state index contributed by atoms with van der Waals surface area (Å²) < 4.78 is 0. The van der Waals surface area contributed by atoms with Gasteiger partial charge in [-0.1, -0.05) is 18.2 Å².